The van der Waals surface area contributed by atoms with Crippen LogP contribution in [0.5, 0.6) is 0 Å². The second-order valence-electron chi connectivity index (χ2n) is 2.63. The molecule has 5 heteroatoms. The number of rotatable bonds is 3. The molecule has 1 unspecified atom stereocenters. The molecule has 1 atom stereocenters. The summed E-state index contributed by atoms with van der Waals surface area (Å²) < 4.78 is 1.66. The smallest absolute Gasteiger partial charge is 0.110 e. The quantitative estimate of drug-likeness (QED) is 0.647. The summed E-state index contributed by atoms with van der Waals surface area (Å²) in [4.78, 5) is 0. The molecule has 0 bridgehead atoms. The first-order valence-electron chi connectivity index (χ1n) is 3.98. The van der Waals surface area contributed by atoms with E-state index < -0.39 is 6.10 Å². The molecule has 0 spiro atoms. The number of aliphatic hydroxyl groups excluding tert-OH is 1. The normalized spacial score (nSPS) is 13.3. The van der Waals surface area contributed by atoms with E-state index in [1.165, 1.54) is 0 Å². The Hall–Kier alpha value is -0.940. The van der Waals surface area contributed by atoms with Gasteiger partial charge in [-0.05, 0) is 13.8 Å². The number of hydrogen-bond acceptors (Lipinski definition) is 4. The summed E-state index contributed by atoms with van der Waals surface area (Å²) in [6.45, 7) is 4.66. The van der Waals surface area contributed by atoms with Crippen LogP contribution in [-0.2, 0) is 6.54 Å². The fourth-order valence-corrected chi connectivity index (χ4v) is 1.17. The Morgan fingerprint density at radius 1 is 1.67 bits per heavy atom. The Kier molecular flexibility index (Phi) is 2.78. The average molecular weight is 170 g/mol. The fourth-order valence-electron chi connectivity index (χ4n) is 1.17. The summed E-state index contributed by atoms with van der Waals surface area (Å²) in [7, 11) is 0. The molecule has 0 aliphatic rings. The second kappa shape index (κ2) is 3.64. The van der Waals surface area contributed by atoms with Crippen LogP contribution in [0.4, 0.5) is 0 Å². The van der Waals surface area contributed by atoms with Crippen LogP contribution in [-0.4, -0.2) is 26.6 Å². The van der Waals surface area contributed by atoms with Gasteiger partial charge in [0, 0.05) is 13.1 Å². The maximum Gasteiger partial charge on any atom is 0.110 e. The highest BCUT2D eigenvalue weighted by atomic mass is 16.3. The van der Waals surface area contributed by atoms with Crippen LogP contribution in [0, 0.1) is 6.92 Å². The van der Waals surface area contributed by atoms with Crippen molar-refractivity contribution in [3.05, 3.63) is 11.4 Å². The molecule has 1 heterocycles. The summed E-state index contributed by atoms with van der Waals surface area (Å²) in [5, 5.41) is 17.2. The Balaban J connectivity index is 3.01. The van der Waals surface area contributed by atoms with Crippen molar-refractivity contribution < 1.29 is 5.11 Å². The predicted octanol–water partition coefficient (Wildman–Crippen LogP) is -0.401. The maximum atomic E-state index is 9.49. The molecule has 0 aliphatic carbocycles. The van der Waals surface area contributed by atoms with Crippen LogP contribution >= 0.6 is 0 Å². The van der Waals surface area contributed by atoms with Crippen molar-refractivity contribution in [1.29, 1.82) is 0 Å². The summed E-state index contributed by atoms with van der Waals surface area (Å²) in [5.41, 5.74) is 6.80. The highest BCUT2D eigenvalue weighted by Gasteiger charge is 2.15. The maximum absolute atomic E-state index is 9.49. The molecule has 68 valence electrons. The third-order valence-corrected chi connectivity index (χ3v) is 1.79. The second-order valence-corrected chi connectivity index (χ2v) is 2.63. The zero-order valence-electron chi connectivity index (χ0n) is 7.36. The molecule has 0 saturated carbocycles. The first-order chi connectivity index (χ1) is 5.70. The molecule has 12 heavy (non-hydrogen) atoms. The van der Waals surface area contributed by atoms with Crippen molar-refractivity contribution >= 4 is 0 Å². The fraction of sp³-hybridized carbons (Fsp3) is 0.714. The van der Waals surface area contributed by atoms with Gasteiger partial charge in [0.2, 0.25) is 0 Å². The van der Waals surface area contributed by atoms with E-state index in [9.17, 15) is 5.11 Å². The van der Waals surface area contributed by atoms with Gasteiger partial charge in [-0.3, -0.25) is 0 Å². The topological polar surface area (TPSA) is 77.0 Å². The molecule has 3 N–H and O–H groups in total. The van der Waals surface area contributed by atoms with Gasteiger partial charge in [-0.15, -0.1) is 5.10 Å². The summed E-state index contributed by atoms with van der Waals surface area (Å²) in [6, 6.07) is 0. The van der Waals surface area contributed by atoms with Crippen LogP contribution in [0.2, 0.25) is 0 Å². The van der Waals surface area contributed by atoms with E-state index in [2.05, 4.69) is 10.3 Å². The SMILES string of the molecule is CCn1nnc(C)c1C(O)CN. The Labute approximate surface area is 71.2 Å². The van der Waals surface area contributed by atoms with Crippen LogP contribution < -0.4 is 5.73 Å². The standard InChI is InChI=1S/C7H14N4O/c1-3-11-7(6(12)4-8)5(2)9-10-11/h6,12H,3-4,8H2,1-2H3. The van der Waals surface area contributed by atoms with Crippen molar-refractivity contribution in [2.75, 3.05) is 6.54 Å². The summed E-state index contributed by atoms with van der Waals surface area (Å²) in [6.07, 6.45) is -0.653. The molecule has 5 nitrogen and oxygen atoms in total. The molecule has 0 saturated heterocycles. The first kappa shape index (κ1) is 9.15. The number of aromatic nitrogens is 3. The number of nitrogens with zero attached hydrogens (tertiary/aromatic N) is 3. The summed E-state index contributed by atoms with van der Waals surface area (Å²) in [5.74, 6) is 0. The lowest BCUT2D eigenvalue weighted by molar-refractivity contribution is 0.174. The van der Waals surface area contributed by atoms with Crippen LogP contribution in [0.15, 0.2) is 0 Å². The van der Waals surface area contributed by atoms with Gasteiger partial charge in [-0.25, -0.2) is 4.68 Å². The van der Waals surface area contributed by atoms with E-state index in [0.717, 1.165) is 11.4 Å². The van der Waals surface area contributed by atoms with Crippen molar-refractivity contribution in [1.82, 2.24) is 15.0 Å². The third-order valence-electron chi connectivity index (χ3n) is 1.79. The van der Waals surface area contributed by atoms with E-state index in [0.29, 0.717) is 6.54 Å². The number of hydrogen-bond donors (Lipinski definition) is 2. The number of aliphatic hydroxyl groups is 1. The van der Waals surface area contributed by atoms with Gasteiger partial charge in [0.25, 0.3) is 0 Å². The molecule has 0 amide bonds. The predicted molar refractivity (Wildman–Crippen MR) is 44.4 cm³/mol. The minimum absolute atomic E-state index is 0.203. The first-order valence-corrected chi connectivity index (χ1v) is 3.98. The van der Waals surface area contributed by atoms with Gasteiger partial charge in [0.1, 0.15) is 6.10 Å². The van der Waals surface area contributed by atoms with Crippen molar-refractivity contribution in [3.8, 4) is 0 Å². The lowest BCUT2D eigenvalue weighted by atomic mass is 10.2. The van der Waals surface area contributed by atoms with E-state index in [4.69, 9.17) is 5.73 Å². The van der Waals surface area contributed by atoms with Crippen LogP contribution in [0.25, 0.3) is 0 Å². The highest BCUT2D eigenvalue weighted by Crippen LogP contribution is 2.13. The van der Waals surface area contributed by atoms with Gasteiger partial charge in [0.15, 0.2) is 0 Å². The molecule has 1 aromatic rings. The van der Waals surface area contributed by atoms with Crippen molar-refractivity contribution in [2.24, 2.45) is 5.73 Å². The highest BCUT2D eigenvalue weighted by molar-refractivity contribution is 5.11. The van der Waals surface area contributed by atoms with Crippen LogP contribution in [0.1, 0.15) is 24.4 Å². The minimum atomic E-state index is -0.653. The van der Waals surface area contributed by atoms with Gasteiger partial charge >= 0.3 is 0 Å². The number of aryl methyl sites for hydroxylation is 2. The zero-order valence-corrected chi connectivity index (χ0v) is 7.36. The van der Waals surface area contributed by atoms with E-state index in [1.807, 2.05) is 13.8 Å². The molecule has 0 radical (unpaired) electrons. The zero-order chi connectivity index (χ0) is 9.14. The summed E-state index contributed by atoms with van der Waals surface area (Å²) >= 11 is 0. The lowest BCUT2D eigenvalue weighted by Crippen LogP contribution is -2.17. The lowest BCUT2D eigenvalue weighted by Gasteiger charge is -2.09. The number of nitrogens with two attached hydrogens (primary N) is 1. The monoisotopic (exact) mass is 170 g/mol. The minimum Gasteiger partial charge on any atom is -0.385 e. The molecule has 0 aromatic carbocycles. The largest absolute Gasteiger partial charge is 0.385 e. The van der Waals surface area contributed by atoms with Crippen molar-refractivity contribution in [3.63, 3.8) is 0 Å². The Morgan fingerprint density at radius 3 is 2.83 bits per heavy atom. The van der Waals surface area contributed by atoms with Crippen molar-refractivity contribution in [2.45, 2.75) is 26.5 Å². The van der Waals surface area contributed by atoms with Gasteiger partial charge in [-0.1, -0.05) is 5.21 Å². The molecule has 1 rings (SSSR count). The molecule has 1 aromatic heterocycles. The third kappa shape index (κ3) is 1.46. The van der Waals surface area contributed by atoms with E-state index in [-0.39, 0.29) is 6.54 Å². The Bertz CT molecular complexity index is 258. The average Bonchev–Trinajstić information content (AvgIpc) is 2.45. The van der Waals surface area contributed by atoms with Crippen LogP contribution in [0.3, 0.4) is 0 Å². The van der Waals surface area contributed by atoms with Gasteiger partial charge in [0.05, 0.1) is 11.4 Å². The molecule has 0 fully saturated rings. The van der Waals surface area contributed by atoms with Gasteiger partial charge in [-0.2, -0.15) is 0 Å². The van der Waals surface area contributed by atoms with Gasteiger partial charge < -0.3 is 10.8 Å². The van der Waals surface area contributed by atoms with E-state index >= 15 is 0 Å². The Morgan fingerprint density at radius 2 is 2.33 bits per heavy atom. The van der Waals surface area contributed by atoms with E-state index in [1.54, 1.807) is 4.68 Å². The molecular weight excluding hydrogens is 156 g/mol. The molecule has 0 aliphatic heterocycles. The molecular formula is C7H14N4O.